The Morgan fingerprint density at radius 2 is 2.00 bits per heavy atom. The second kappa shape index (κ2) is 7.32. The van der Waals surface area contributed by atoms with Crippen molar-refractivity contribution in [1.29, 1.82) is 0 Å². The quantitative estimate of drug-likeness (QED) is 0.859. The Kier molecular flexibility index (Phi) is 5.45. The van der Waals surface area contributed by atoms with Gasteiger partial charge in [0.25, 0.3) is 5.91 Å². The molecule has 0 bridgehead atoms. The largest absolute Gasteiger partial charge is 0.385 e. The van der Waals surface area contributed by atoms with Gasteiger partial charge in [-0.1, -0.05) is 19.3 Å². The van der Waals surface area contributed by atoms with E-state index in [-0.39, 0.29) is 5.91 Å². The van der Waals surface area contributed by atoms with E-state index in [0.717, 1.165) is 29.3 Å². The summed E-state index contributed by atoms with van der Waals surface area (Å²) >= 11 is 0. The van der Waals surface area contributed by atoms with Gasteiger partial charge in [0, 0.05) is 24.3 Å². The van der Waals surface area contributed by atoms with Crippen LogP contribution >= 0.6 is 0 Å². The number of carbonyl (C=O) groups is 1. The third-order valence-corrected chi connectivity index (χ3v) is 4.13. The zero-order valence-electron chi connectivity index (χ0n) is 12.7. The first kappa shape index (κ1) is 14.9. The van der Waals surface area contributed by atoms with E-state index in [0.29, 0.717) is 6.54 Å². The van der Waals surface area contributed by atoms with Crippen molar-refractivity contribution in [3.05, 3.63) is 29.3 Å². The van der Waals surface area contributed by atoms with Gasteiger partial charge in [0.05, 0.1) is 0 Å². The Labute approximate surface area is 122 Å². The van der Waals surface area contributed by atoms with E-state index >= 15 is 0 Å². The summed E-state index contributed by atoms with van der Waals surface area (Å²) in [5.41, 5.74) is 3.04. The van der Waals surface area contributed by atoms with Crippen molar-refractivity contribution in [2.45, 2.75) is 46.0 Å². The van der Waals surface area contributed by atoms with Crippen molar-refractivity contribution < 1.29 is 4.79 Å². The summed E-state index contributed by atoms with van der Waals surface area (Å²) in [6, 6.07) is 5.90. The first-order valence-corrected chi connectivity index (χ1v) is 7.83. The third-order valence-electron chi connectivity index (χ3n) is 4.13. The van der Waals surface area contributed by atoms with Crippen molar-refractivity contribution in [1.82, 2.24) is 5.32 Å². The van der Waals surface area contributed by atoms with Gasteiger partial charge in [-0.15, -0.1) is 0 Å². The van der Waals surface area contributed by atoms with Gasteiger partial charge in [-0.25, -0.2) is 0 Å². The maximum absolute atomic E-state index is 11.8. The monoisotopic (exact) mass is 274 g/mol. The van der Waals surface area contributed by atoms with Crippen LogP contribution in [-0.4, -0.2) is 19.0 Å². The zero-order valence-corrected chi connectivity index (χ0v) is 12.7. The number of rotatable bonds is 5. The van der Waals surface area contributed by atoms with Crippen molar-refractivity contribution in [3.8, 4) is 0 Å². The number of hydrogen-bond donors (Lipinski definition) is 2. The summed E-state index contributed by atoms with van der Waals surface area (Å²) in [6.07, 6.45) is 6.85. The Hall–Kier alpha value is -1.51. The molecule has 0 spiro atoms. The van der Waals surface area contributed by atoms with Gasteiger partial charge >= 0.3 is 0 Å². The molecule has 1 aliphatic carbocycles. The highest BCUT2D eigenvalue weighted by molar-refractivity contribution is 5.94. The van der Waals surface area contributed by atoms with Crippen LogP contribution in [0.3, 0.4) is 0 Å². The molecule has 0 aromatic heterocycles. The van der Waals surface area contributed by atoms with Gasteiger partial charge < -0.3 is 10.6 Å². The fourth-order valence-corrected chi connectivity index (χ4v) is 2.91. The average molecular weight is 274 g/mol. The molecule has 1 aromatic carbocycles. The number of anilines is 1. The fourth-order valence-electron chi connectivity index (χ4n) is 2.91. The normalized spacial score (nSPS) is 15.9. The molecule has 0 heterocycles. The van der Waals surface area contributed by atoms with Gasteiger partial charge in [-0.2, -0.15) is 0 Å². The van der Waals surface area contributed by atoms with Crippen molar-refractivity contribution in [2.75, 3.05) is 18.4 Å². The summed E-state index contributed by atoms with van der Waals surface area (Å²) in [6.45, 7) is 5.72. The molecule has 1 fully saturated rings. The molecule has 110 valence electrons. The maximum atomic E-state index is 11.8. The zero-order chi connectivity index (χ0) is 14.4. The molecule has 1 saturated carbocycles. The number of carbonyl (C=O) groups excluding carboxylic acids is 1. The molecule has 1 aliphatic rings. The molecule has 0 radical (unpaired) electrons. The van der Waals surface area contributed by atoms with Gasteiger partial charge in [-0.05, 0) is 56.4 Å². The van der Waals surface area contributed by atoms with Crippen molar-refractivity contribution in [3.63, 3.8) is 0 Å². The Bertz CT molecular complexity index is 450. The third kappa shape index (κ3) is 3.99. The lowest BCUT2D eigenvalue weighted by molar-refractivity contribution is 0.0956. The SMILES string of the molecule is CCNC(=O)c1ccc(NCC2CCCCC2)c(C)c1. The van der Waals surface area contributed by atoms with Crippen LogP contribution in [0, 0.1) is 12.8 Å². The minimum atomic E-state index is 0.00873. The Morgan fingerprint density at radius 3 is 2.65 bits per heavy atom. The summed E-state index contributed by atoms with van der Waals surface area (Å²) in [5.74, 6) is 0.820. The molecule has 3 nitrogen and oxygen atoms in total. The van der Waals surface area contributed by atoms with E-state index in [1.165, 1.54) is 32.1 Å². The second-order valence-electron chi connectivity index (χ2n) is 5.77. The van der Waals surface area contributed by atoms with E-state index in [1.54, 1.807) is 0 Å². The standard InChI is InChI=1S/C17H26N2O/c1-3-18-17(20)15-9-10-16(13(2)11-15)19-12-14-7-5-4-6-8-14/h9-11,14,19H,3-8,12H2,1-2H3,(H,18,20). The Balaban J connectivity index is 1.93. The predicted molar refractivity (Wildman–Crippen MR) is 84.3 cm³/mol. The molecular weight excluding hydrogens is 248 g/mol. The topological polar surface area (TPSA) is 41.1 Å². The molecule has 20 heavy (non-hydrogen) atoms. The van der Waals surface area contributed by atoms with Gasteiger partial charge in [0.2, 0.25) is 0 Å². The second-order valence-corrected chi connectivity index (χ2v) is 5.77. The maximum Gasteiger partial charge on any atom is 0.251 e. The average Bonchev–Trinajstić information content (AvgIpc) is 2.47. The molecule has 0 unspecified atom stereocenters. The summed E-state index contributed by atoms with van der Waals surface area (Å²) in [5, 5.41) is 6.38. The van der Waals surface area contributed by atoms with E-state index in [1.807, 2.05) is 25.1 Å². The van der Waals surface area contributed by atoms with Gasteiger partial charge in [-0.3, -0.25) is 4.79 Å². The van der Waals surface area contributed by atoms with Crippen LogP contribution in [0.5, 0.6) is 0 Å². The van der Waals surface area contributed by atoms with Crippen LogP contribution in [0.1, 0.15) is 54.9 Å². The van der Waals surface area contributed by atoms with E-state index in [2.05, 4.69) is 17.6 Å². The summed E-state index contributed by atoms with van der Waals surface area (Å²) in [4.78, 5) is 11.8. The highest BCUT2D eigenvalue weighted by Crippen LogP contribution is 2.25. The molecule has 1 aromatic rings. The molecule has 0 aliphatic heterocycles. The number of benzene rings is 1. The molecular formula is C17H26N2O. The molecule has 1 amide bonds. The first-order valence-electron chi connectivity index (χ1n) is 7.83. The van der Waals surface area contributed by atoms with Gasteiger partial charge in [0.1, 0.15) is 0 Å². The first-order chi connectivity index (χ1) is 9.70. The van der Waals surface area contributed by atoms with Crippen LogP contribution in [0.25, 0.3) is 0 Å². The van der Waals surface area contributed by atoms with Crippen LogP contribution in [0.15, 0.2) is 18.2 Å². The predicted octanol–water partition coefficient (Wildman–Crippen LogP) is 3.74. The minimum Gasteiger partial charge on any atom is -0.385 e. The Morgan fingerprint density at radius 1 is 1.25 bits per heavy atom. The fraction of sp³-hybridized carbons (Fsp3) is 0.588. The van der Waals surface area contributed by atoms with E-state index in [4.69, 9.17) is 0 Å². The van der Waals surface area contributed by atoms with Crippen LogP contribution < -0.4 is 10.6 Å². The van der Waals surface area contributed by atoms with Crippen LogP contribution in [0.2, 0.25) is 0 Å². The van der Waals surface area contributed by atoms with Crippen LogP contribution in [0.4, 0.5) is 5.69 Å². The number of hydrogen-bond acceptors (Lipinski definition) is 2. The number of nitrogens with one attached hydrogen (secondary N) is 2. The number of amides is 1. The summed E-state index contributed by atoms with van der Waals surface area (Å²) < 4.78 is 0. The van der Waals surface area contributed by atoms with E-state index in [9.17, 15) is 4.79 Å². The number of aryl methyl sites for hydroxylation is 1. The summed E-state index contributed by atoms with van der Waals surface area (Å²) in [7, 11) is 0. The van der Waals surface area contributed by atoms with E-state index < -0.39 is 0 Å². The molecule has 0 saturated heterocycles. The van der Waals surface area contributed by atoms with Crippen LogP contribution in [-0.2, 0) is 0 Å². The molecule has 3 heteroatoms. The molecule has 2 rings (SSSR count). The lowest BCUT2D eigenvalue weighted by Crippen LogP contribution is -2.23. The lowest BCUT2D eigenvalue weighted by atomic mass is 9.89. The lowest BCUT2D eigenvalue weighted by Gasteiger charge is -2.23. The van der Waals surface area contributed by atoms with Gasteiger partial charge in [0.15, 0.2) is 0 Å². The smallest absolute Gasteiger partial charge is 0.251 e. The van der Waals surface area contributed by atoms with Crippen molar-refractivity contribution >= 4 is 11.6 Å². The molecule has 0 atom stereocenters. The minimum absolute atomic E-state index is 0.00873. The molecule has 2 N–H and O–H groups in total. The highest BCUT2D eigenvalue weighted by Gasteiger charge is 2.13. The highest BCUT2D eigenvalue weighted by atomic mass is 16.1. The van der Waals surface area contributed by atoms with Crippen molar-refractivity contribution in [2.24, 2.45) is 5.92 Å².